The van der Waals surface area contributed by atoms with Crippen molar-refractivity contribution in [2.45, 2.75) is 31.1 Å². The molecule has 4 aromatic carbocycles. The molecule has 256 valence electrons. The van der Waals surface area contributed by atoms with Gasteiger partial charge in [0.2, 0.25) is 0 Å². The maximum atomic E-state index is 6.49. The molecule has 1 atom stereocenters. The van der Waals surface area contributed by atoms with Crippen LogP contribution in [0.4, 0.5) is 0 Å². The van der Waals surface area contributed by atoms with Crippen molar-refractivity contribution >= 4 is 6.08 Å². The molecule has 0 bridgehead atoms. The Morgan fingerprint density at radius 3 is 2.08 bits per heavy atom. The molecule has 1 spiro atoms. The molecule has 1 nitrogen and oxygen atoms in total. The van der Waals surface area contributed by atoms with Gasteiger partial charge in [-0.15, -0.1) is 0 Å². The van der Waals surface area contributed by atoms with Crippen LogP contribution in [0.2, 0.25) is 0 Å². The second kappa shape index (κ2) is 17.2. The Hall–Kier alpha value is -6.18. The second-order valence-corrected chi connectivity index (χ2v) is 13.0. The number of aryl methyl sites for hydroxylation is 1. The Morgan fingerprint density at radius 2 is 1.33 bits per heavy atom. The fourth-order valence-electron chi connectivity index (χ4n) is 7.14. The van der Waals surface area contributed by atoms with Crippen molar-refractivity contribution in [2.75, 3.05) is 0 Å². The Balaban J connectivity index is 1.51. The minimum Gasteiger partial charge on any atom is -0.457 e. The summed E-state index contributed by atoms with van der Waals surface area (Å²) in [6.45, 7) is 16.1. The SMILES string of the molecule is C=C(/C=C\C=C/C)C(C1=C/C=C\C=C/CCc2ccccc2/C=C\C(=C)C2(C(=C)/C=C\C=C\1)c1ccccc1Oc1ccccc12)c1ccccc1. The average molecular weight is 675 g/mol. The standard InChI is InChI=1S/C51H46O/c1-5-6-11-24-39(2)50(44-30-14-10-15-31-44)45-29-13-9-7-8-12-26-42-27-18-19-28-43(42)38-37-41(4)51(40(3)25-16-17-32-45)46-33-20-22-35-48(46)52-49-36-23-21-34-47(49)51/h5-11,13-25,27-38,50H,2-4,12,26H2,1H3/b6-5-,8-7-,13-9-,24-11-,25-16-,32-17+,38-37-,45-29+. The van der Waals surface area contributed by atoms with Crippen LogP contribution in [-0.4, -0.2) is 0 Å². The second-order valence-electron chi connectivity index (χ2n) is 13.0. The molecule has 0 saturated carbocycles. The summed E-state index contributed by atoms with van der Waals surface area (Å²) < 4.78 is 6.49. The highest BCUT2D eigenvalue weighted by molar-refractivity contribution is 5.72. The lowest BCUT2D eigenvalue weighted by Crippen LogP contribution is -2.34. The molecule has 0 radical (unpaired) electrons. The third kappa shape index (κ3) is 7.75. The summed E-state index contributed by atoms with van der Waals surface area (Å²) in [6.07, 6.45) is 33.7. The number of para-hydroxylation sites is 2. The van der Waals surface area contributed by atoms with Gasteiger partial charge in [-0.05, 0) is 70.9 Å². The summed E-state index contributed by atoms with van der Waals surface area (Å²) in [6, 6.07) is 35.7. The maximum Gasteiger partial charge on any atom is 0.132 e. The highest BCUT2D eigenvalue weighted by atomic mass is 16.5. The van der Waals surface area contributed by atoms with Crippen molar-refractivity contribution in [3.63, 3.8) is 0 Å². The highest BCUT2D eigenvalue weighted by Crippen LogP contribution is 2.55. The lowest BCUT2D eigenvalue weighted by molar-refractivity contribution is 0.434. The number of allylic oxidation sites excluding steroid dienone is 18. The molecule has 1 heteroatoms. The molecule has 0 aromatic heterocycles. The van der Waals surface area contributed by atoms with Gasteiger partial charge in [0.25, 0.3) is 0 Å². The zero-order chi connectivity index (χ0) is 36.2. The molecule has 0 amide bonds. The van der Waals surface area contributed by atoms with Crippen LogP contribution in [0.3, 0.4) is 0 Å². The number of fused-ring (bicyclic) bond motifs is 5. The van der Waals surface area contributed by atoms with E-state index in [1.54, 1.807) is 0 Å². The molecule has 1 aliphatic carbocycles. The molecule has 4 aromatic rings. The smallest absolute Gasteiger partial charge is 0.132 e. The number of rotatable bonds is 5. The van der Waals surface area contributed by atoms with Crippen LogP contribution in [0, 0.1) is 0 Å². The van der Waals surface area contributed by atoms with E-state index in [2.05, 4.69) is 164 Å². The van der Waals surface area contributed by atoms with E-state index in [-0.39, 0.29) is 5.92 Å². The van der Waals surface area contributed by atoms with Gasteiger partial charge < -0.3 is 4.74 Å². The van der Waals surface area contributed by atoms with E-state index < -0.39 is 5.41 Å². The van der Waals surface area contributed by atoms with Gasteiger partial charge in [-0.1, -0.05) is 202 Å². The third-order valence-corrected chi connectivity index (χ3v) is 9.66. The topological polar surface area (TPSA) is 9.23 Å². The van der Waals surface area contributed by atoms with Gasteiger partial charge in [0, 0.05) is 17.0 Å². The van der Waals surface area contributed by atoms with E-state index in [1.807, 2.05) is 43.3 Å². The van der Waals surface area contributed by atoms with E-state index in [0.29, 0.717) is 0 Å². The summed E-state index contributed by atoms with van der Waals surface area (Å²) in [5.74, 6) is 1.57. The fraction of sp³-hybridized carbons (Fsp3) is 0.0980. The minimum absolute atomic E-state index is 0.0414. The summed E-state index contributed by atoms with van der Waals surface area (Å²) in [4.78, 5) is 0. The van der Waals surface area contributed by atoms with Crippen molar-refractivity contribution in [3.05, 3.63) is 258 Å². The summed E-state index contributed by atoms with van der Waals surface area (Å²) in [5, 5.41) is 0. The van der Waals surface area contributed by atoms with Crippen LogP contribution in [0.5, 0.6) is 11.5 Å². The van der Waals surface area contributed by atoms with E-state index in [4.69, 9.17) is 17.9 Å². The predicted molar refractivity (Wildman–Crippen MR) is 223 cm³/mol. The van der Waals surface area contributed by atoms with E-state index in [0.717, 1.165) is 57.8 Å². The molecular weight excluding hydrogens is 629 g/mol. The van der Waals surface area contributed by atoms with Crippen LogP contribution in [0.15, 0.2) is 230 Å². The molecule has 0 fully saturated rings. The van der Waals surface area contributed by atoms with Crippen LogP contribution in [0.1, 0.15) is 47.1 Å². The van der Waals surface area contributed by atoms with Gasteiger partial charge in [0.1, 0.15) is 11.5 Å². The Morgan fingerprint density at radius 1 is 0.673 bits per heavy atom. The zero-order valence-electron chi connectivity index (χ0n) is 30.0. The average Bonchev–Trinajstić information content (AvgIpc) is 3.17. The predicted octanol–water partition coefficient (Wildman–Crippen LogP) is 13.5. The van der Waals surface area contributed by atoms with Gasteiger partial charge in [0.15, 0.2) is 0 Å². The Bertz CT molecular complexity index is 2130. The third-order valence-electron chi connectivity index (χ3n) is 9.66. The van der Waals surface area contributed by atoms with Gasteiger partial charge in [-0.25, -0.2) is 0 Å². The molecule has 1 unspecified atom stereocenters. The molecule has 2 aliphatic rings. The number of hydrogen-bond acceptors (Lipinski definition) is 1. The van der Waals surface area contributed by atoms with Gasteiger partial charge in [-0.3, -0.25) is 0 Å². The largest absolute Gasteiger partial charge is 0.457 e. The van der Waals surface area contributed by atoms with Crippen molar-refractivity contribution in [2.24, 2.45) is 0 Å². The van der Waals surface area contributed by atoms with E-state index in [9.17, 15) is 0 Å². The maximum absolute atomic E-state index is 6.49. The number of benzene rings is 4. The molecule has 52 heavy (non-hydrogen) atoms. The van der Waals surface area contributed by atoms with Crippen LogP contribution in [-0.2, 0) is 11.8 Å². The first-order valence-electron chi connectivity index (χ1n) is 18.0. The normalized spacial score (nSPS) is 20.4. The summed E-state index contributed by atoms with van der Waals surface area (Å²) in [7, 11) is 0. The van der Waals surface area contributed by atoms with Gasteiger partial charge >= 0.3 is 0 Å². The molecule has 6 rings (SSSR count). The Labute approximate surface area is 310 Å². The van der Waals surface area contributed by atoms with E-state index >= 15 is 0 Å². The van der Waals surface area contributed by atoms with Gasteiger partial charge in [0.05, 0.1) is 5.41 Å². The first kappa shape index (κ1) is 35.6. The summed E-state index contributed by atoms with van der Waals surface area (Å²) in [5.41, 5.74) is 8.88. The lowest BCUT2D eigenvalue weighted by atomic mass is 9.63. The number of ether oxygens (including phenoxy) is 1. The highest BCUT2D eigenvalue weighted by Gasteiger charge is 2.45. The minimum atomic E-state index is -0.757. The van der Waals surface area contributed by atoms with Gasteiger partial charge in [-0.2, -0.15) is 0 Å². The number of hydrogen-bond donors (Lipinski definition) is 0. The molecule has 0 saturated heterocycles. The first-order chi connectivity index (χ1) is 25.5. The summed E-state index contributed by atoms with van der Waals surface area (Å²) >= 11 is 0. The zero-order valence-corrected chi connectivity index (χ0v) is 30.0. The molecule has 1 aliphatic heterocycles. The van der Waals surface area contributed by atoms with Crippen molar-refractivity contribution in [3.8, 4) is 11.5 Å². The van der Waals surface area contributed by atoms with Crippen LogP contribution >= 0.6 is 0 Å². The molecular formula is C51H46O. The fourth-order valence-corrected chi connectivity index (χ4v) is 7.14. The quantitative estimate of drug-likeness (QED) is 0.191. The van der Waals surface area contributed by atoms with Crippen molar-refractivity contribution < 1.29 is 4.74 Å². The van der Waals surface area contributed by atoms with Crippen molar-refractivity contribution in [1.29, 1.82) is 0 Å². The van der Waals surface area contributed by atoms with Crippen molar-refractivity contribution in [1.82, 2.24) is 0 Å². The lowest BCUT2D eigenvalue weighted by Gasteiger charge is -2.42. The van der Waals surface area contributed by atoms with E-state index in [1.165, 1.54) is 16.7 Å². The molecule has 0 N–H and O–H groups in total. The van der Waals surface area contributed by atoms with Crippen LogP contribution in [0.25, 0.3) is 6.08 Å². The monoisotopic (exact) mass is 674 g/mol. The van der Waals surface area contributed by atoms with Crippen LogP contribution < -0.4 is 4.74 Å². The first-order valence-corrected chi connectivity index (χ1v) is 18.0. The molecule has 1 heterocycles. The Kier molecular flexibility index (Phi) is 11.8.